The third-order valence-corrected chi connectivity index (χ3v) is 4.50. The molecule has 3 unspecified atom stereocenters. The normalized spacial score (nSPS) is 30.1. The zero-order chi connectivity index (χ0) is 15.0. The van der Waals surface area contributed by atoms with Gasteiger partial charge in [0.05, 0.1) is 13.2 Å². The minimum absolute atomic E-state index is 0.0325. The fourth-order valence-corrected chi connectivity index (χ4v) is 3.31. The highest BCUT2D eigenvalue weighted by Gasteiger charge is 2.42. The molecule has 1 aromatic rings. The fraction of sp³-hybridized carbons (Fsp3) is 0.562. The van der Waals surface area contributed by atoms with Crippen LogP contribution in [-0.2, 0) is 4.79 Å². The van der Waals surface area contributed by atoms with E-state index in [1.54, 1.807) is 7.11 Å². The van der Waals surface area contributed by atoms with Crippen LogP contribution in [0.25, 0.3) is 0 Å². The highest BCUT2D eigenvalue weighted by molar-refractivity contribution is 5.84. The van der Waals surface area contributed by atoms with Gasteiger partial charge in [0, 0.05) is 12.6 Å². The molecule has 0 bridgehead atoms. The number of hydrogen-bond acceptors (Lipinski definition) is 4. The van der Waals surface area contributed by atoms with E-state index in [1.165, 1.54) is 0 Å². The van der Waals surface area contributed by atoms with E-state index in [9.17, 15) is 4.79 Å². The van der Waals surface area contributed by atoms with Crippen molar-refractivity contribution in [2.24, 2.45) is 0 Å². The summed E-state index contributed by atoms with van der Waals surface area (Å²) < 4.78 is 5.21. The summed E-state index contributed by atoms with van der Waals surface area (Å²) in [7, 11) is 3.77. The van der Waals surface area contributed by atoms with Gasteiger partial charge in [-0.1, -0.05) is 12.1 Å². The van der Waals surface area contributed by atoms with E-state index in [2.05, 4.69) is 17.3 Å². The number of likely N-dealkylation sites (tertiary alicyclic amines) is 1. The van der Waals surface area contributed by atoms with Gasteiger partial charge in [0.15, 0.2) is 0 Å². The van der Waals surface area contributed by atoms with Crippen molar-refractivity contribution in [2.75, 3.05) is 27.2 Å². The van der Waals surface area contributed by atoms with Crippen molar-refractivity contribution >= 4 is 5.91 Å². The molecule has 2 heterocycles. The average molecular weight is 289 g/mol. The average Bonchev–Trinajstić information content (AvgIpc) is 3.04. The van der Waals surface area contributed by atoms with Crippen LogP contribution in [-0.4, -0.2) is 55.0 Å². The Morgan fingerprint density at radius 1 is 1.29 bits per heavy atom. The lowest BCUT2D eigenvalue weighted by atomic mass is 10.1. The molecule has 1 aromatic carbocycles. The standard InChI is InChI=1S/C16H23N3O2/c1-11-16(20)19(13-8-9-18(2)10-13)15(17-11)12-4-6-14(21-3)7-5-12/h4-7,11,13,15,17H,8-10H2,1-3H3. The number of benzene rings is 1. The maximum absolute atomic E-state index is 12.5. The number of amides is 1. The quantitative estimate of drug-likeness (QED) is 0.909. The Bertz CT molecular complexity index is 517. The smallest absolute Gasteiger partial charge is 0.241 e. The number of rotatable bonds is 3. The Balaban J connectivity index is 1.85. The minimum atomic E-state index is -0.122. The number of ether oxygens (including phenoxy) is 1. The molecule has 0 saturated carbocycles. The van der Waals surface area contributed by atoms with Gasteiger partial charge in [-0.15, -0.1) is 0 Å². The molecule has 0 aliphatic carbocycles. The van der Waals surface area contributed by atoms with Crippen molar-refractivity contribution in [3.05, 3.63) is 29.8 Å². The van der Waals surface area contributed by atoms with Gasteiger partial charge in [-0.05, 0) is 44.6 Å². The van der Waals surface area contributed by atoms with Gasteiger partial charge in [-0.3, -0.25) is 10.1 Å². The van der Waals surface area contributed by atoms with Gasteiger partial charge in [-0.25, -0.2) is 0 Å². The third kappa shape index (κ3) is 2.63. The van der Waals surface area contributed by atoms with Crippen molar-refractivity contribution in [1.29, 1.82) is 0 Å². The molecule has 2 fully saturated rings. The summed E-state index contributed by atoms with van der Waals surface area (Å²) in [5, 5.41) is 3.42. The molecule has 1 amide bonds. The maximum Gasteiger partial charge on any atom is 0.241 e. The van der Waals surface area contributed by atoms with Crippen LogP contribution in [0, 0.1) is 0 Å². The molecule has 5 nitrogen and oxygen atoms in total. The highest BCUT2D eigenvalue weighted by Crippen LogP contribution is 2.31. The molecule has 2 saturated heterocycles. The SMILES string of the molecule is COc1ccc(C2NC(C)C(=O)N2C2CCN(C)C2)cc1. The summed E-state index contributed by atoms with van der Waals surface area (Å²) in [5.41, 5.74) is 1.11. The van der Waals surface area contributed by atoms with Crippen molar-refractivity contribution in [2.45, 2.75) is 31.6 Å². The first-order valence-corrected chi connectivity index (χ1v) is 7.51. The van der Waals surface area contributed by atoms with E-state index in [0.717, 1.165) is 30.8 Å². The fourth-order valence-electron chi connectivity index (χ4n) is 3.31. The van der Waals surface area contributed by atoms with E-state index in [1.807, 2.05) is 36.1 Å². The number of methoxy groups -OCH3 is 1. The Labute approximate surface area is 125 Å². The highest BCUT2D eigenvalue weighted by atomic mass is 16.5. The molecule has 3 atom stereocenters. The van der Waals surface area contributed by atoms with E-state index in [-0.39, 0.29) is 18.1 Å². The summed E-state index contributed by atoms with van der Waals surface area (Å²) in [4.78, 5) is 16.8. The van der Waals surface area contributed by atoms with Crippen LogP contribution >= 0.6 is 0 Å². The van der Waals surface area contributed by atoms with Crippen molar-refractivity contribution in [1.82, 2.24) is 15.1 Å². The lowest BCUT2D eigenvalue weighted by molar-refractivity contribution is -0.131. The van der Waals surface area contributed by atoms with Gasteiger partial charge in [-0.2, -0.15) is 0 Å². The zero-order valence-corrected chi connectivity index (χ0v) is 12.9. The Morgan fingerprint density at radius 3 is 2.57 bits per heavy atom. The summed E-state index contributed by atoms with van der Waals surface area (Å²) in [6.07, 6.45) is 1.01. The molecule has 5 heteroatoms. The Hall–Kier alpha value is -1.59. The molecule has 0 radical (unpaired) electrons. The number of carbonyl (C=O) groups is 1. The summed E-state index contributed by atoms with van der Waals surface area (Å²) in [6.45, 7) is 3.95. The van der Waals surface area contributed by atoms with Gasteiger partial charge in [0.25, 0.3) is 0 Å². The summed E-state index contributed by atoms with van der Waals surface area (Å²) >= 11 is 0. The first-order valence-electron chi connectivity index (χ1n) is 7.51. The van der Waals surface area contributed by atoms with Gasteiger partial charge < -0.3 is 14.5 Å². The topological polar surface area (TPSA) is 44.8 Å². The third-order valence-electron chi connectivity index (χ3n) is 4.50. The first kappa shape index (κ1) is 14.4. The second-order valence-electron chi connectivity index (χ2n) is 6.01. The van der Waals surface area contributed by atoms with E-state index in [0.29, 0.717) is 6.04 Å². The van der Waals surface area contributed by atoms with Gasteiger partial charge >= 0.3 is 0 Å². The van der Waals surface area contributed by atoms with Crippen LogP contribution in [0.4, 0.5) is 0 Å². The van der Waals surface area contributed by atoms with Crippen LogP contribution in [0.15, 0.2) is 24.3 Å². The number of hydrogen-bond donors (Lipinski definition) is 1. The van der Waals surface area contributed by atoms with Gasteiger partial charge in [0.1, 0.15) is 11.9 Å². The van der Waals surface area contributed by atoms with Gasteiger partial charge in [0.2, 0.25) is 5.91 Å². The predicted octanol–water partition coefficient (Wildman–Crippen LogP) is 1.22. The number of likely N-dealkylation sites (N-methyl/N-ethyl adjacent to an activating group) is 1. The largest absolute Gasteiger partial charge is 0.497 e. The van der Waals surface area contributed by atoms with E-state index in [4.69, 9.17) is 4.74 Å². The van der Waals surface area contributed by atoms with Crippen LogP contribution < -0.4 is 10.1 Å². The van der Waals surface area contributed by atoms with Crippen LogP contribution in [0.1, 0.15) is 25.1 Å². The zero-order valence-electron chi connectivity index (χ0n) is 12.9. The Kier molecular flexibility index (Phi) is 3.87. The molecule has 3 rings (SSSR count). The lowest BCUT2D eigenvalue weighted by Crippen LogP contribution is -2.41. The number of nitrogens with one attached hydrogen (secondary N) is 1. The lowest BCUT2D eigenvalue weighted by Gasteiger charge is -2.30. The molecule has 0 aromatic heterocycles. The molecule has 0 spiro atoms. The van der Waals surface area contributed by atoms with Crippen molar-refractivity contribution in [3.8, 4) is 5.75 Å². The molecule has 2 aliphatic rings. The van der Waals surface area contributed by atoms with Crippen LogP contribution in [0.2, 0.25) is 0 Å². The van der Waals surface area contributed by atoms with E-state index >= 15 is 0 Å². The monoisotopic (exact) mass is 289 g/mol. The predicted molar refractivity (Wildman–Crippen MR) is 81.1 cm³/mol. The maximum atomic E-state index is 12.5. The minimum Gasteiger partial charge on any atom is -0.497 e. The molecule has 2 aliphatic heterocycles. The number of nitrogens with zero attached hydrogens (tertiary/aromatic N) is 2. The van der Waals surface area contributed by atoms with Crippen LogP contribution in [0.3, 0.4) is 0 Å². The van der Waals surface area contributed by atoms with Crippen LogP contribution in [0.5, 0.6) is 5.75 Å². The first-order chi connectivity index (χ1) is 10.1. The molecular formula is C16H23N3O2. The van der Waals surface area contributed by atoms with E-state index < -0.39 is 0 Å². The second kappa shape index (κ2) is 5.66. The van der Waals surface area contributed by atoms with Crippen molar-refractivity contribution in [3.63, 3.8) is 0 Å². The Morgan fingerprint density at radius 2 is 2.00 bits per heavy atom. The molecule has 114 valence electrons. The summed E-state index contributed by atoms with van der Waals surface area (Å²) in [5.74, 6) is 1.04. The number of carbonyl (C=O) groups excluding carboxylic acids is 1. The molecule has 1 N–H and O–H groups in total. The van der Waals surface area contributed by atoms with Crippen molar-refractivity contribution < 1.29 is 9.53 Å². The molecule has 21 heavy (non-hydrogen) atoms. The molecular weight excluding hydrogens is 266 g/mol. The summed E-state index contributed by atoms with van der Waals surface area (Å²) in [6, 6.07) is 8.14. The second-order valence-corrected chi connectivity index (χ2v) is 6.01.